The summed E-state index contributed by atoms with van der Waals surface area (Å²) in [6, 6.07) is 8.22. The van der Waals surface area contributed by atoms with Gasteiger partial charge in [0.25, 0.3) is 0 Å². The van der Waals surface area contributed by atoms with Crippen LogP contribution in [-0.4, -0.2) is 82.1 Å². The van der Waals surface area contributed by atoms with Gasteiger partial charge in [0, 0.05) is 19.8 Å². The molecule has 1 saturated heterocycles. The van der Waals surface area contributed by atoms with Crippen molar-refractivity contribution in [2.24, 2.45) is 0 Å². The Bertz CT molecular complexity index is 740. The number of esters is 1. The van der Waals surface area contributed by atoms with Crippen LogP contribution in [-0.2, 0) is 19.1 Å². The number of nitrogens with one attached hydrogen (secondary N) is 1. The van der Waals surface area contributed by atoms with Crippen molar-refractivity contribution >= 4 is 18.0 Å². The van der Waals surface area contributed by atoms with Gasteiger partial charge in [-0.05, 0) is 5.56 Å². The maximum atomic E-state index is 12.6. The lowest BCUT2D eigenvalue weighted by Gasteiger charge is -2.47. The first-order valence-corrected chi connectivity index (χ1v) is 9.64. The van der Waals surface area contributed by atoms with Crippen molar-refractivity contribution < 1.29 is 39.5 Å². The normalized spacial score (nSPS) is 28.7. The van der Waals surface area contributed by atoms with E-state index >= 15 is 0 Å². The van der Waals surface area contributed by atoms with Gasteiger partial charge in [-0.15, -0.1) is 0 Å². The van der Waals surface area contributed by atoms with Gasteiger partial charge in [-0.2, -0.15) is 0 Å². The predicted octanol–water partition coefficient (Wildman–Crippen LogP) is -0.630. The van der Waals surface area contributed by atoms with Crippen LogP contribution in [0.15, 0.2) is 36.4 Å². The molecule has 1 aliphatic heterocycles. The Kier molecular flexibility index (Phi) is 8.51. The van der Waals surface area contributed by atoms with Gasteiger partial charge in [-0.1, -0.05) is 42.5 Å². The minimum absolute atomic E-state index is 0.0108. The van der Waals surface area contributed by atoms with E-state index in [9.17, 15) is 30.0 Å². The van der Waals surface area contributed by atoms with E-state index in [0.29, 0.717) is 0 Å². The number of hydrogen-bond donors (Lipinski definition) is 5. The summed E-state index contributed by atoms with van der Waals surface area (Å²) in [6.07, 6.45) is -2.67. The fourth-order valence-electron chi connectivity index (χ4n) is 3.57. The van der Waals surface area contributed by atoms with Crippen LogP contribution in [0.5, 0.6) is 0 Å². The molecule has 1 fully saturated rings. The number of methoxy groups -OCH3 is 1. The smallest absolute Gasteiger partial charge is 0.338 e. The summed E-state index contributed by atoms with van der Waals surface area (Å²) < 4.78 is 10.8. The zero-order valence-electron chi connectivity index (χ0n) is 17.0. The maximum Gasteiger partial charge on any atom is 0.338 e. The Balaban J connectivity index is 2.35. The number of rotatable bonds is 8. The van der Waals surface area contributed by atoms with Gasteiger partial charge < -0.3 is 35.2 Å². The van der Waals surface area contributed by atoms with E-state index in [4.69, 9.17) is 9.47 Å². The Labute approximate surface area is 174 Å². The van der Waals surface area contributed by atoms with Crippen molar-refractivity contribution in [3.05, 3.63) is 42.0 Å². The predicted molar refractivity (Wildman–Crippen MR) is 107 cm³/mol. The van der Waals surface area contributed by atoms with Gasteiger partial charge in [0.15, 0.2) is 5.60 Å². The fourth-order valence-corrected chi connectivity index (χ4v) is 3.57. The third-order valence-electron chi connectivity index (χ3n) is 5.07. The van der Waals surface area contributed by atoms with Crippen LogP contribution in [0.25, 0.3) is 6.08 Å². The lowest BCUT2D eigenvalue weighted by atomic mass is 9.81. The van der Waals surface area contributed by atoms with Crippen LogP contribution in [0.1, 0.15) is 25.3 Å². The molecule has 0 aliphatic carbocycles. The first-order valence-electron chi connectivity index (χ1n) is 9.64. The number of aliphatic hydroxyl groups is 4. The Morgan fingerprint density at radius 2 is 2.00 bits per heavy atom. The Morgan fingerprint density at radius 3 is 2.57 bits per heavy atom. The molecule has 2 rings (SSSR count). The van der Waals surface area contributed by atoms with Crippen LogP contribution < -0.4 is 5.32 Å². The molecule has 0 radical (unpaired) electrons. The second-order valence-electron chi connectivity index (χ2n) is 7.32. The Morgan fingerprint density at radius 1 is 1.33 bits per heavy atom. The molecule has 9 heteroatoms. The minimum Gasteiger partial charge on any atom is -0.467 e. The first-order chi connectivity index (χ1) is 14.2. The van der Waals surface area contributed by atoms with E-state index in [1.807, 2.05) is 30.3 Å². The molecule has 0 bridgehead atoms. The molecule has 1 aromatic carbocycles. The van der Waals surface area contributed by atoms with Gasteiger partial charge in [0.05, 0.1) is 25.9 Å². The molecule has 1 heterocycles. The molecule has 0 saturated carbocycles. The molecule has 166 valence electrons. The SMILES string of the molecule is COC(=O)[C@@]1(C/C=C/c2ccccc2)C[C@H](O)[C@@H](NC(C)=O)[C@H]([C@H](O)[C@H](O)CO)O1. The third kappa shape index (κ3) is 5.65. The second kappa shape index (κ2) is 10.6. The summed E-state index contributed by atoms with van der Waals surface area (Å²) in [5.41, 5.74) is -0.771. The molecule has 0 aromatic heterocycles. The summed E-state index contributed by atoms with van der Waals surface area (Å²) in [6.45, 7) is 0.451. The lowest BCUT2D eigenvalue weighted by molar-refractivity contribution is -0.230. The average Bonchev–Trinajstić information content (AvgIpc) is 2.74. The molecule has 1 aliphatic rings. The van der Waals surface area contributed by atoms with E-state index in [1.54, 1.807) is 12.2 Å². The molecule has 0 spiro atoms. The van der Waals surface area contributed by atoms with Crippen molar-refractivity contribution in [3.8, 4) is 0 Å². The van der Waals surface area contributed by atoms with Crippen LogP contribution in [0.4, 0.5) is 0 Å². The summed E-state index contributed by atoms with van der Waals surface area (Å²) in [4.78, 5) is 24.2. The number of amides is 1. The summed E-state index contributed by atoms with van der Waals surface area (Å²) >= 11 is 0. The van der Waals surface area contributed by atoms with Crippen LogP contribution in [0, 0.1) is 0 Å². The van der Waals surface area contributed by atoms with Gasteiger partial charge in [0.2, 0.25) is 5.91 Å². The lowest BCUT2D eigenvalue weighted by Crippen LogP contribution is -2.67. The molecule has 5 N–H and O–H groups in total. The summed E-state index contributed by atoms with van der Waals surface area (Å²) in [5.74, 6) is -1.26. The van der Waals surface area contributed by atoms with Crippen molar-refractivity contribution in [1.82, 2.24) is 5.32 Å². The molecule has 0 unspecified atom stereocenters. The highest BCUT2D eigenvalue weighted by Gasteiger charge is 2.54. The molecular formula is C21H29NO8. The molecule has 1 amide bonds. The highest BCUT2D eigenvalue weighted by Crippen LogP contribution is 2.36. The number of benzene rings is 1. The first kappa shape index (κ1) is 24.0. The molecule has 1 aromatic rings. The van der Waals surface area contributed by atoms with Crippen molar-refractivity contribution in [2.45, 2.75) is 55.8 Å². The zero-order valence-corrected chi connectivity index (χ0v) is 17.0. The fraction of sp³-hybridized carbons (Fsp3) is 0.524. The van der Waals surface area contributed by atoms with E-state index in [1.165, 1.54) is 14.0 Å². The van der Waals surface area contributed by atoms with E-state index in [2.05, 4.69) is 5.32 Å². The number of ether oxygens (including phenoxy) is 2. The number of carbonyl (C=O) groups is 2. The van der Waals surface area contributed by atoms with Crippen LogP contribution >= 0.6 is 0 Å². The third-order valence-corrected chi connectivity index (χ3v) is 5.07. The van der Waals surface area contributed by atoms with Gasteiger partial charge >= 0.3 is 5.97 Å². The van der Waals surface area contributed by atoms with E-state index in [-0.39, 0.29) is 12.8 Å². The van der Waals surface area contributed by atoms with E-state index < -0.39 is 54.5 Å². The maximum absolute atomic E-state index is 12.6. The van der Waals surface area contributed by atoms with Crippen LogP contribution in [0.2, 0.25) is 0 Å². The zero-order chi connectivity index (χ0) is 22.3. The van der Waals surface area contributed by atoms with Crippen molar-refractivity contribution in [2.75, 3.05) is 13.7 Å². The highest BCUT2D eigenvalue weighted by atomic mass is 16.6. The quantitative estimate of drug-likeness (QED) is 0.348. The molecule has 30 heavy (non-hydrogen) atoms. The van der Waals surface area contributed by atoms with Crippen LogP contribution in [0.3, 0.4) is 0 Å². The van der Waals surface area contributed by atoms with Gasteiger partial charge in [-0.3, -0.25) is 4.79 Å². The molecular weight excluding hydrogens is 394 g/mol. The summed E-state index contributed by atoms with van der Waals surface area (Å²) in [7, 11) is 1.18. The highest BCUT2D eigenvalue weighted by molar-refractivity contribution is 5.80. The van der Waals surface area contributed by atoms with Gasteiger partial charge in [-0.25, -0.2) is 4.79 Å². The number of hydrogen-bond acceptors (Lipinski definition) is 8. The second-order valence-corrected chi connectivity index (χ2v) is 7.32. The van der Waals surface area contributed by atoms with Crippen molar-refractivity contribution in [3.63, 3.8) is 0 Å². The van der Waals surface area contributed by atoms with Gasteiger partial charge in [0.1, 0.15) is 18.3 Å². The minimum atomic E-state index is -1.68. The Hall–Kier alpha value is -2.30. The number of aliphatic hydroxyl groups excluding tert-OH is 4. The molecule has 6 atom stereocenters. The average molecular weight is 423 g/mol. The number of carbonyl (C=O) groups excluding carboxylic acids is 2. The monoisotopic (exact) mass is 423 g/mol. The topological polar surface area (TPSA) is 146 Å². The molecule has 9 nitrogen and oxygen atoms in total. The van der Waals surface area contributed by atoms with Crippen molar-refractivity contribution in [1.29, 1.82) is 0 Å². The largest absolute Gasteiger partial charge is 0.467 e. The van der Waals surface area contributed by atoms with E-state index in [0.717, 1.165) is 5.56 Å². The summed E-state index contributed by atoms with van der Waals surface area (Å²) in [5, 5.41) is 42.8. The standard InChI is InChI=1S/C21H29NO8/c1-13(24)22-17-15(25)11-21(20(28)29-2,30-19(17)18(27)16(26)12-23)10-6-9-14-7-4-3-5-8-14/h3-9,15-19,23,25-27H,10-12H2,1-2H3,(H,22,24)/b9-6+/t15-,16+,17+,18+,19+,21+/m0/s1.